The summed E-state index contributed by atoms with van der Waals surface area (Å²) < 4.78 is 0. The number of aliphatic carboxylic acids is 1. The molecule has 0 radical (unpaired) electrons. The Hall–Kier alpha value is -2.04. The molecule has 0 aromatic heterocycles. The number of carboxylic acids is 1. The summed E-state index contributed by atoms with van der Waals surface area (Å²) in [6, 6.07) is 6.05. The summed E-state index contributed by atoms with van der Waals surface area (Å²) in [6.45, 7) is 5.55. The largest absolute Gasteiger partial charge is 0.480 e. The van der Waals surface area contributed by atoms with E-state index in [1.807, 2.05) is 20.8 Å². The maximum Gasteiger partial charge on any atom is 0.326 e. The molecule has 5 nitrogen and oxygen atoms in total. The van der Waals surface area contributed by atoms with Crippen molar-refractivity contribution in [2.24, 2.45) is 5.41 Å². The molecule has 1 atom stereocenters. The zero-order valence-electron chi connectivity index (χ0n) is 11.7. The molecule has 0 saturated heterocycles. The van der Waals surface area contributed by atoms with Gasteiger partial charge in [-0.2, -0.15) is 0 Å². The maximum atomic E-state index is 11.5. The van der Waals surface area contributed by atoms with Gasteiger partial charge in [0.05, 0.1) is 0 Å². The minimum absolute atomic E-state index is 0.203. The molecule has 19 heavy (non-hydrogen) atoms. The Balaban J connectivity index is 2.98. The van der Waals surface area contributed by atoms with Gasteiger partial charge in [0.15, 0.2) is 0 Å². The van der Waals surface area contributed by atoms with Crippen LogP contribution in [0.4, 0.5) is 5.69 Å². The van der Waals surface area contributed by atoms with Gasteiger partial charge in [0.1, 0.15) is 6.04 Å². The minimum Gasteiger partial charge on any atom is -0.480 e. The van der Waals surface area contributed by atoms with Crippen molar-refractivity contribution in [1.29, 1.82) is 0 Å². The maximum absolute atomic E-state index is 11.5. The number of benzene rings is 1. The normalized spacial score (nSPS) is 12.6. The summed E-state index contributed by atoms with van der Waals surface area (Å²) in [7, 11) is 1.55. The second kappa shape index (κ2) is 5.73. The topological polar surface area (TPSA) is 78.4 Å². The van der Waals surface area contributed by atoms with Gasteiger partial charge < -0.3 is 15.7 Å². The van der Waals surface area contributed by atoms with E-state index in [0.29, 0.717) is 11.3 Å². The molecule has 0 spiro atoms. The van der Waals surface area contributed by atoms with Gasteiger partial charge in [-0.25, -0.2) is 4.79 Å². The Morgan fingerprint density at radius 2 is 1.89 bits per heavy atom. The molecule has 0 fully saturated rings. The van der Waals surface area contributed by atoms with Crippen molar-refractivity contribution in [2.75, 3.05) is 12.4 Å². The lowest BCUT2D eigenvalue weighted by Crippen LogP contribution is -2.41. The minimum atomic E-state index is -0.919. The number of nitrogens with one attached hydrogen (secondary N) is 2. The Bertz CT molecular complexity index is 478. The third-order valence-corrected chi connectivity index (χ3v) is 2.78. The van der Waals surface area contributed by atoms with E-state index in [0.717, 1.165) is 0 Å². The summed E-state index contributed by atoms with van der Waals surface area (Å²) in [5.41, 5.74) is 0.670. The fourth-order valence-electron chi connectivity index (χ4n) is 1.71. The van der Waals surface area contributed by atoms with Gasteiger partial charge in [-0.15, -0.1) is 0 Å². The van der Waals surface area contributed by atoms with Crippen LogP contribution in [0, 0.1) is 5.41 Å². The Morgan fingerprint density at radius 3 is 2.37 bits per heavy atom. The predicted octanol–water partition coefficient (Wildman–Crippen LogP) is 1.96. The highest BCUT2D eigenvalue weighted by Crippen LogP contribution is 2.24. The first kappa shape index (κ1) is 15.0. The van der Waals surface area contributed by atoms with Crippen molar-refractivity contribution in [3.63, 3.8) is 0 Å². The molecular formula is C14H20N2O3. The van der Waals surface area contributed by atoms with Crippen LogP contribution in [0.15, 0.2) is 24.3 Å². The van der Waals surface area contributed by atoms with Gasteiger partial charge in [-0.05, 0) is 23.6 Å². The first-order valence-corrected chi connectivity index (χ1v) is 6.07. The van der Waals surface area contributed by atoms with Gasteiger partial charge in [-0.3, -0.25) is 4.79 Å². The highest BCUT2D eigenvalue weighted by atomic mass is 16.4. The zero-order valence-corrected chi connectivity index (χ0v) is 11.7. The van der Waals surface area contributed by atoms with Crippen molar-refractivity contribution in [3.8, 4) is 0 Å². The third kappa shape index (κ3) is 3.98. The molecule has 0 heterocycles. The average Bonchev–Trinajstić information content (AvgIpc) is 2.33. The molecule has 1 amide bonds. The van der Waals surface area contributed by atoms with E-state index in [1.165, 1.54) is 0 Å². The van der Waals surface area contributed by atoms with Crippen molar-refractivity contribution in [3.05, 3.63) is 29.8 Å². The summed E-state index contributed by atoms with van der Waals surface area (Å²) in [6.07, 6.45) is 0. The Kier molecular flexibility index (Phi) is 4.53. The average molecular weight is 264 g/mol. The van der Waals surface area contributed by atoms with Crippen LogP contribution in [0.5, 0.6) is 0 Å². The highest BCUT2D eigenvalue weighted by Gasteiger charge is 2.31. The molecule has 1 aromatic carbocycles. The van der Waals surface area contributed by atoms with Gasteiger partial charge in [0, 0.05) is 18.3 Å². The van der Waals surface area contributed by atoms with Gasteiger partial charge in [0.25, 0.3) is 5.91 Å². The quantitative estimate of drug-likeness (QED) is 0.776. The van der Waals surface area contributed by atoms with Crippen LogP contribution in [-0.2, 0) is 4.79 Å². The number of anilines is 1. The number of hydrogen-bond acceptors (Lipinski definition) is 3. The van der Waals surface area contributed by atoms with Crippen LogP contribution < -0.4 is 10.6 Å². The SMILES string of the molecule is CNC(=O)c1cccc(N[C@H](C(=O)O)C(C)(C)C)c1. The Labute approximate surface area is 113 Å². The molecule has 0 aliphatic heterocycles. The van der Waals surface area contributed by atoms with E-state index >= 15 is 0 Å². The van der Waals surface area contributed by atoms with Gasteiger partial charge in [-0.1, -0.05) is 26.8 Å². The van der Waals surface area contributed by atoms with Crippen LogP contribution in [0.25, 0.3) is 0 Å². The van der Waals surface area contributed by atoms with Crippen molar-refractivity contribution >= 4 is 17.6 Å². The lowest BCUT2D eigenvalue weighted by atomic mass is 9.86. The van der Waals surface area contributed by atoms with Crippen molar-refractivity contribution < 1.29 is 14.7 Å². The first-order valence-electron chi connectivity index (χ1n) is 6.07. The fourth-order valence-corrected chi connectivity index (χ4v) is 1.71. The van der Waals surface area contributed by atoms with Crippen LogP contribution in [-0.4, -0.2) is 30.1 Å². The molecule has 5 heteroatoms. The summed E-state index contributed by atoms with van der Waals surface area (Å²) >= 11 is 0. The molecule has 0 aliphatic carbocycles. The van der Waals surface area contributed by atoms with Crippen molar-refractivity contribution in [1.82, 2.24) is 5.32 Å². The van der Waals surface area contributed by atoms with Crippen molar-refractivity contribution in [2.45, 2.75) is 26.8 Å². The molecule has 0 unspecified atom stereocenters. The molecule has 0 saturated carbocycles. The van der Waals surface area contributed by atoms with E-state index in [9.17, 15) is 14.7 Å². The lowest BCUT2D eigenvalue weighted by Gasteiger charge is -2.28. The van der Waals surface area contributed by atoms with Crippen LogP contribution in [0.1, 0.15) is 31.1 Å². The van der Waals surface area contributed by atoms with Crippen LogP contribution >= 0.6 is 0 Å². The number of carbonyl (C=O) groups is 2. The predicted molar refractivity (Wildman–Crippen MR) is 74.3 cm³/mol. The lowest BCUT2D eigenvalue weighted by molar-refractivity contribution is -0.140. The highest BCUT2D eigenvalue weighted by molar-refractivity contribution is 5.95. The van der Waals surface area contributed by atoms with Crippen LogP contribution in [0.3, 0.4) is 0 Å². The smallest absolute Gasteiger partial charge is 0.326 e. The van der Waals surface area contributed by atoms with E-state index in [1.54, 1.807) is 31.3 Å². The Morgan fingerprint density at radius 1 is 1.26 bits per heavy atom. The number of carbonyl (C=O) groups excluding carboxylic acids is 1. The first-order chi connectivity index (χ1) is 8.75. The standard InChI is InChI=1S/C14H20N2O3/c1-14(2,3)11(13(18)19)16-10-7-5-6-9(8-10)12(17)15-4/h5-8,11,16H,1-4H3,(H,15,17)(H,18,19)/t11-/m1/s1. The van der Waals surface area contributed by atoms with E-state index in [-0.39, 0.29) is 5.91 Å². The number of rotatable bonds is 4. The molecule has 1 rings (SSSR count). The monoisotopic (exact) mass is 264 g/mol. The van der Waals surface area contributed by atoms with E-state index in [4.69, 9.17) is 0 Å². The molecule has 0 aliphatic rings. The number of amides is 1. The zero-order chi connectivity index (χ0) is 14.6. The van der Waals surface area contributed by atoms with E-state index < -0.39 is 17.4 Å². The van der Waals surface area contributed by atoms with Crippen LogP contribution in [0.2, 0.25) is 0 Å². The fraction of sp³-hybridized carbons (Fsp3) is 0.429. The van der Waals surface area contributed by atoms with E-state index in [2.05, 4.69) is 10.6 Å². The molecular weight excluding hydrogens is 244 g/mol. The third-order valence-electron chi connectivity index (χ3n) is 2.78. The second-order valence-corrected chi connectivity index (χ2v) is 5.44. The summed E-state index contributed by atoms with van der Waals surface area (Å²) in [5, 5.41) is 14.7. The number of hydrogen-bond donors (Lipinski definition) is 3. The molecule has 0 bridgehead atoms. The molecule has 1 aromatic rings. The molecule has 104 valence electrons. The summed E-state index contributed by atoms with van der Waals surface area (Å²) in [4.78, 5) is 22.8. The second-order valence-electron chi connectivity index (χ2n) is 5.44. The van der Waals surface area contributed by atoms with Gasteiger partial charge >= 0.3 is 5.97 Å². The molecule has 3 N–H and O–H groups in total. The summed E-state index contributed by atoms with van der Waals surface area (Å²) in [5.74, 6) is -1.12. The van der Waals surface area contributed by atoms with Gasteiger partial charge in [0.2, 0.25) is 0 Å². The number of carboxylic acid groups (broad SMARTS) is 1.